The fourth-order valence-corrected chi connectivity index (χ4v) is 2.81. The van der Waals surface area contributed by atoms with Crippen LogP contribution in [0.25, 0.3) is 0 Å². The maximum atomic E-state index is 5.98. The zero-order valence-corrected chi connectivity index (χ0v) is 17.8. The Morgan fingerprint density at radius 1 is 1.07 bits per heavy atom. The number of nitrogens with two attached hydrogens (primary N) is 1. The normalized spacial score (nSPS) is 11.1. The molecule has 0 fully saturated rings. The van der Waals surface area contributed by atoms with Crippen molar-refractivity contribution in [1.82, 2.24) is 14.9 Å². The number of nitrogens with one attached hydrogen (secondary N) is 1. The number of imidazole rings is 1. The van der Waals surface area contributed by atoms with Gasteiger partial charge in [0.1, 0.15) is 5.82 Å². The molecule has 0 aliphatic rings. The van der Waals surface area contributed by atoms with Gasteiger partial charge in [0.05, 0.1) is 6.54 Å². The zero-order valence-electron chi connectivity index (χ0n) is 15.5. The summed E-state index contributed by atoms with van der Waals surface area (Å²) in [6, 6.07) is 18.8. The van der Waals surface area contributed by atoms with Crippen LogP contribution >= 0.6 is 24.0 Å². The van der Waals surface area contributed by atoms with Gasteiger partial charge in [-0.1, -0.05) is 54.6 Å². The van der Waals surface area contributed by atoms with Crippen molar-refractivity contribution in [3.05, 3.63) is 89.5 Å². The van der Waals surface area contributed by atoms with Crippen LogP contribution in [0.5, 0.6) is 0 Å². The fraction of sp³-hybridized carbons (Fsp3) is 0.238. The van der Waals surface area contributed by atoms with E-state index in [9.17, 15) is 0 Å². The Hall–Kier alpha value is -2.35. The van der Waals surface area contributed by atoms with E-state index in [-0.39, 0.29) is 24.0 Å². The highest BCUT2D eigenvalue weighted by atomic mass is 127. The van der Waals surface area contributed by atoms with E-state index in [0.717, 1.165) is 30.9 Å². The van der Waals surface area contributed by atoms with Gasteiger partial charge in [0.15, 0.2) is 5.96 Å². The summed E-state index contributed by atoms with van der Waals surface area (Å²) in [6.07, 6.45) is 4.75. The molecule has 0 spiro atoms. The van der Waals surface area contributed by atoms with Crippen LogP contribution in [-0.4, -0.2) is 22.1 Å². The molecule has 0 amide bonds. The number of rotatable bonds is 7. The average molecular weight is 475 g/mol. The lowest BCUT2D eigenvalue weighted by molar-refractivity contribution is 0.760. The first kappa shape index (κ1) is 21.0. The van der Waals surface area contributed by atoms with Gasteiger partial charge in [0.2, 0.25) is 0 Å². The van der Waals surface area contributed by atoms with E-state index >= 15 is 0 Å². The Balaban J connectivity index is 0.00000261. The average Bonchev–Trinajstić information content (AvgIpc) is 3.06. The number of hydrogen-bond acceptors (Lipinski definition) is 2. The molecule has 0 atom stereocenters. The van der Waals surface area contributed by atoms with Crippen LogP contribution in [-0.2, 0) is 19.5 Å². The highest BCUT2D eigenvalue weighted by molar-refractivity contribution is 14.0. The molecule has 3 aromatic rings. The fourth-order valence-electron chi connectivity index (χ4n) is 2.81. The summed E-state index contributed by atoms with van der Waals surface area (Å²) in [5, 5.41) is 3.18. The number of aryl methyl sites for hydroxylation is 1. The van der Waals surface area contributed by atoms with E-state index in [2.05, 4.69) is 56.3 Å². The number of guanidine groups is 1. The van der Waals surface area contributed by atoms with E-state index in [0.29, 0.717) is 12.5 Å². The summed E-state index contributed by atoms with van der Waals surface area (Å²) < 4.78 is 2.13. The van der Waals surface area contributed by atoms with Gasteiger partial charge in [-0.2, -0.15) is 0 Å². The number of hydrogen-bond donors (Lipinski definition) is 2. The van der Waals surface area contributed by atoms with Gasteiger partial charge in [-0.25, -0.2) is 9.98 Å². The van der Waals surface area contributed by atoms with Crippen LogP contribution < -0.4 is 11.1 Å². The molecule has 0 radical (unpaired) electrons. The minimum Gasteiger partial charge on any atom is -0.370 e. The molecular formula is C21H26IN5. The monoisotopic (exact) mass is 475 g/mol. The second kappa shape index (κ2) is 10.7. The van der Waals surface area contributed by atoms with Gasteiger partial charge >= 0.3 is 0 Å². The van der Waals surface area contributed by atoms with E-state index in [1.165, 1.54) is 11.1 Å². The molecule has 5 nitrogen and oxygen atoms in total. The molecule has 6 heteroatoms. The van der Waals surface area contributed by atoms with Crippen molar-refractivity contribution in [3.63, 3.8) is 0 Å². The van der Waals surface area contributed by atoms with Crippen molar-refractivity contribution < 1.29 is 0 Å². The maximum Gasteiger partial charge on any atom is 0.188 e. The van der Waals surface area contributed by atoms with Crippen LogP contribution in [0.4, 0.5) is 0 Å². The first-order valence-electron chi connectivity index (χ1n) is 8.84. The first-order chi connectivity index (χ1) is 12.7. The Kier molecular flexibility index (Phi) is 8.32. The smallest absolute Gasteiger partial charge is 0.188 e. The number of halogens is 1. The second-order valence-electron chi connectivity index (χ2n) is 6.29. The molecule has 0 saturated carbocycles. The largest absolute Gasteiger partial charge is 0.370 e. The van der Waals surface area contributed by atoms with E-state index < -0.39 is 0 Å². The lowest BCUT2D eigenvalue weighted by Crippen LogP contribution is -2.33. The van der Waals surface area contributed by atoms with Crippen LogP contribution in [0.1, 0.15) is 22.5 Å². The summed E-state index contributed by atoms with van der Waals surface area (Å²) in [7, 11) is 0. The van der Waals surface area contributed by atoms with Crippen molar-refractivity contribution in [3.8, 4) is 0 Å². The van der Waals surface area contributed by atoms with Gasteiger partial charge in [-0.15, -0.1) is 24.0 Å². The summed E-state index contributed by atoms with van der Waals surface area (Å²) in [5.41, 5.74) is 9.64. The molecule has 1 aromatic heterocycles. The lowest BCUT2D eigenvalue weighted by Gasteiger charge is -2.08. The number of aromatic nitrogens is 2. The molecular weight excluding hydrogens is 449 g/mol. The molecule has 0 bridgehead atoms. The molecule has 1 heterocycles. The van der Waals surface area contributed by atoms with Gasteiger partial charge in [-0.05, 0) is 30.0 Å². The van der Waals surface area contributed by atoms with E-state index in [1.54, 1.807) is 0 Å². The van der Waals surface area contributed by atoms with Crippen molar-refractivity contribution in [2.24, 2.45) is 10.7 Å². The minimum absolute atomic E-state index is 0. The second-order valence-corrected chi connectivity index (χ2v) is 6.29. The molecule has 142 valence electrons. The molecule has 3 N–H and O–H groups in total. The predicted molar refractivity (Wildman–Crippen MR) is 121 cm³/mol. The zero-order chi connectivity index (χ0) is 18.2. The van der Waals surface area contributed by atoms with E-state index in [4.69, 9.17) is 5.73 Å². The maximum absolute atomic E-state index is 5.98. The van der Waals surface area contributed by atoms with E-state index in [1.807, 2.05) is 37.5 Å². The van der Waals surface area contributed by atoms with Crippen molar-refractivity contribution in [2.75, 3.05) is 6.54 Å². The van der Waals surface area contributed by atoms with Gasteiger partial charge in [0.25, 0.3) is 0 Å². The number of benzene rings is 2. The Bertz CT molecular complexity index is 858. The number of aliphatic imine (C=N–C) groups is 1. The van der Waals surface area contributed by atoms with Crippen LogP contribution in [0, 0.1) is 6.92 Å². The molecule has 2 aromatic carbocycles. The quantitative estimate of drug-likeness (QED) is 0.312. The summed E-state index contributed by atoms with van der Waals surface area (Å²) in [6.45, 7) is 4.17. The predicted octanol–water partition coefficient (Wildman–Crippen LogP) is 3.50. The van der Waals surface area contributed by atoms with Crippen LogP contribution in [0.3, 0.4) is 0 Å². The Morgan fingerprint density at radius 3 is 2.56 bits per heavy atom. The summed E-state index contributed by atoms with van der Waals surface area (Å²) in [5.74, 6) is 1.50. The van der Waals surface area contributed by atoms with Crippen LogP contribution in [0.2, 0.25) is 0 Å². The van der Waals surface area contributed by atoms with Crippen molar-refractivity contribution in [1.29, 1.82) is 0 Å². The van der Waals surface area contributed by atoms with Gasteiger partial charge < -0.3 is 15.6 Å². The first-order valence-corrected chi connectivity index (χ1v) is 8.84. The third-order valence-electron chi connectivity index (χ3n) is 4.26. The third-order valence-corrected chi connectivity index (χ3v) is 4.26. The topological polar surface area (TPSA) is 68.2 Å². The molecule has 0 aliphatic carbocycles. The molecule has 27 heavy (non-hydrogen) atoms. The molecule has 0 aliphatic heterocycles. The highest BCUT2D eigenvalue weighted by Crippen LogP contribution is 2.09. The number of nitrogens with zero attached hydrogens (tertiary/aromatic N) is 3. The van der Waals surface area contributed by atoms with Gasteiger partial charge in [0, 0.05) is 25.5 Å². The summed E-state index contributed by atoms with van der Waals surface area (Å²) >= 11 is 0. The Morgan fingerprint density at radius 2 is 1.81 bits per heavy atom. The van der Waals surface area contributed by atoms with Crippen molar-refractivity contribution in [2.45, 2.75) is 26.4 Å². The SMILES string of the molecule is Cc1nccn1Cc1cccc(CN=C(N)NCCc2ccccc2)c1.I. The lowest BCUT2D eigenvalue weighted by atomic mass is 10.1. The Labute approximate surface area is 177 Å². The minimum atomic E-state index is 0. The molecule has 0 unspecified atom stereocenters. The van der Waals surface area contributed by atoms with Gasteiger partial charge in [-0.3, -0.25) is 0 Å². The van der Waals surface area contributed by atoms with Crippen molar-refractivity contribution >= 4 is 29.9 Å². The standard InChI is InChI=1S/C21H25N5.HI/c1-17-23-12-13-26(17)16-20-9-5-8-19(14-20)15-25-21(22)24-11-10-18-6-3-2-4-7-18;/h2-9,12-14H,10-11,15-16H2,1H3,(H3,22,24,25);1H. The highest BCUT2D eigenvalue weighted by Gasteiger charge is 2.01. The van der Waals surface area contributed by atoms with Crippen LogP contribution in [0.15, 0.2) is 72.0 Å². The third kappa shape index (κ3) is 6.71. The summed E-state index contributed by atoms with van der Waals surface area (Å²) in [4.78, 5) is 8.71. The molecule has 0 saturated heterocycles. The molecule has 3 rings (SSSR count).